The Bertz CT molecular complexity index is 1090. The van der Waals surface area contributed by atoms with Crippen molar-refractivity contribution in [3.8, 4) is 0 Å². The number of carbonyl (C=O) groups excluding carboxylic acids is 1. The average Bonchev–Trinajstić information content (AvgIpc) is 3.28. The second kappa shape index (κ2) is 6.12. The summed E-state index contributed by atoms with van der Waals surface area (Å²) in [5.41, 5.74) is 2.28. The van der Waals surface area contributed by atoms with Crippen LogP contribution in [0, 0.1) is 0 Å². The maximum atomic E-state index is 13.7. The molecule has 0 radical (unpaired) electrons. The van der Waals surface area contributed by atoms with Crippen LogP contribution in [0.1, 0.15) is 11.5 Å². The Hall–Kier alpha value is -2.77. The predicted molar refractivity (Wildman–Crippen MR) is 113 cm³/mol. The number of pyridine rings is 1. The van der Waals surface area contributed by atoms with E-state index in [4.69, 9.17) is 12.2 Å². The minimum absolute atomic E-state index is 0.00396. The first-order valence-corrected chi connectivity index (χ1v) is 9.71. The molecule has 0 unspecified atom stereocenters. The number of amides is 1. The molecule has 0 saturated carbocycles. The van der Waals surface area contributed by atoms with E-state index in [9.17, 15) is 4.79 Å². The van der Waals surface area contributed by atoms with Crippen LogP contribution in [0.5, 0.6) is 0 Å². The molecule has 2 fully saturated rings. The molecule has 6 nitrogen and oxygen atoms in total. The largest absolute Gasteiger partial charge is 0.350 e. The van der Waals surface area contributed by atoms with E-state index in [1.807, 2.05) is 31.3 Å². The molecule has 1 aromatic carbocycles. The Balaban J connectivity index is 1.64. The summed E-state index contributed by atoms with van der Waals surface area (Å²) >= 11 is 5.59. The summed E-state index contributed by atoms with van der Waals surface area (Å²) < 4.78 is 2.13. The quantitative estimate of drug-likeness (QED) is 0.679. The summed E-state index contributed by atoms with van der Waals surface area (Å²) in [4.78, 5) is 21.7. The highest BCUT2D eigenvalue weighted by atomic mass is 32.1. The highest BCUT2D eigenvalue weighted by Crippen LogP contribution is 2.43. The van der Waals surface area contributed by atoms with Crippen molar-refractivity contribution in [2.24, 2.45) is 7.05 Å². The van der Waals surface area contributed by atoms with E-state index in [1.165, 1.54) is 16.5 Å². The number of hydrogen-bond acceptors (Lipinski definition) is 4. The molecule has 1 N–H and O–H groups in total. The monoisotopic (exact) mass is 391 g/mol. The number of para-hydroxylation sites is 1. The minimum atomic E-state index is -0.772. The molecule has 2 aromatic heterocycles. The number of nitrogens with zero attached hydrogens (tertiary/aromatic N) is 4. The van der Waals surface area contributed by atoms with Gasteiger partial charge in [-0.05, 0) is 43.0 Å². The topological polar surface area (TPSA) is 53.4 Å². The number of thiocarbonyl (C=S) groups is 1. The molecule has 3 aromatic rings. The zero-order valence-electron chi connectivity index (χ0n) is 15.8. The van der Waals surface area contributed by atoms with Gasteiger partial charge in [0, 0.05) is 49.4 Å². The van der Waals surface area contributed by atoms with Gasteiger partial charge >= 0.3 is 0 Å². The van der Waals surface area contributed by atoms with E-state index < -0.39 is 5.54 Å². The third kappa shape index (κ3) is 2.33. The van der Waals surface area contributed by atoms with Crippen LogP contribution in [-0.2, 0) is 11.8 Å². The van der Waals surface area contributed by atoms with Crippen molar-refractivity contribution in [3.05, 3.63) is 60.6 Å². The molecule has 0 bridgehead atoms. The summed E-state index contributed by atoms with van der Waals surface area (Å²) in [6.07, 6.45) is 5.52. The van der Waals surface area contributed by atoms with Crippen molar-refractivity contribution in [1.82, 2.24) is 19.8 Å². The lowest BCUT2D eigenvalue weighted by atomic mass is 9.81. The maximum Gasteiger partial charge on any atom is 0.261 e. The number of rotatable bonds is 2. The number of hydrogen-bond donors (Lipinski definition) is 1. The van der Waals surface area contributed by atoms with Crippen molar-refractivity contribution in [1.29, 1.82) is 0 Å². The molecule has 7 heteroatoms. The van der Waals surface area contributed by atoms with Gasteiger partial charge in [-0.3, -0.25) is 14.7 Å². The number of benzene rings is 1. The molecule has 4 heterocycles. The predicted octanol–water partition coefficient (Wildman–Crippen LogP) is 2.26. The van der Waals surface area contributed by atoms with Gasteiger partial charge in [0.2, 0.25) is 0 Å². The van der Waals surface area contributed by atoms with E-state index >= 15 is 0 Å². The van der Waals surface area contributed by atoms with Crippen LogP contribution in [0.2, 0.25) is 0 Å². The van der Waals surface area contributed by atoms with Gasteiger partial charge in [0.15, 0.2) is 5.11 Å². The second-order valence-corrected chi connectivity index (χ2v) is 8.10. The van der Waals surface area contributed by atoms with E-state index in [0.29, 0.717) is 17.3 Å². The van der Waals surface area contributed by atoms with Crippen molar-refractivity contribution >= 4 is 39.8 Å². The van der Waals surface area contributed by atoms with Crippen LogP contribution in [0.3, 0.4) is 0 Å². The van der Waals surface area contributed by atoms with Gasteiger partial charge in [-0.2, -0.15) is 0 Å². The number of anilines is 1. The Kier molecular flexibility index (Phi) is 3.79. The summed E-state index contributed by atoms with van der Waals surface area (Å²) in [7, 11) is 4.10. The van der Waals surface area contributed by atoms with Gasteiger partial charge in [-0.1, -0.05) is 18.2 Å². The smallest absolute Gasteiger partial charge is 0.261 e. The molecule has 1 amide bonds. The summed E-state index contributed by atoms with van der Waals surface area (Å²) in [5.74, 6) is -0.0106. The molecular formula is C21H21N5OS. The van der Waals surface area contributed by atoms with Crippen molar-refractivity contribution < 1.29 is 4.79 Å². The number of likely N-dealkylation sites (N-methyl/N-ethyl adjacent to an activating group) is 1. The zero-order chi connectivity index (χ0) is 19.5. The van der Waals surface area contributed by atoms with Crippen molar-refractivity contribution in [3.63, 3.8) is 0 Å². The van der Waals surface area contributed by atoms with Gasteiger partial charge in [0.1, 0.15) is 5.54 Å². The molecule has 28 heavy (non-hydrogen) atoms. The van der Waals surface area contributed by atoms with Crippen LogP contribution in [0.15, 0.2) is 55.0 Å². The normalized spacial score (nSPS) is 25.2. The van der Waals surface area contributed by atoms with E-state index in [0.717, 1.165) is 6.54 Å². The van der Waals surface area contributed by atoms with Crippen molar-refractivity contribution in [2.45, 2.75) is 11.5 Å². The summed E-state index contributed by atoms with van der Waals surface area (Å²) in [6, 6.07) is 12.0. The van der Waals surface area contributed by atoms with Crippen molar-refractivity contribution in [2.75, 3.05) is 25.0 Å². The van der Waals surface area contributed by atoms with Gasteiger partial charge in [-0.15, -0.1) is 0 Å². The zero-order valence-corrected chi connectivity index (χ0v) is 16.6. The lowest BCUT2D eigenvalue weighted by molar-refractivity contribution is -0.122. The highest BCUT2D eigenvalue weighted by molar-refractivity contribution is 7.80. The Morgan fingerprint density at radius 1 is 1.21 bits per heavy atom. The number of aryl methyl sites for hydroxylation is 1. The maximum absolute atomic E-state index is 13.7. The lowest BCUT2D eigenvalue weighted by Crippen LogP contribution is -2.52. The second-order valence-electron chi connectivity index (χ2n) is 7.72. The fraction of sp³-hybridized carbons (Fsp3) is 0.286. The molecule has 142 valence electrons. The molecule has 2 saturated heterocycles. The third-order valence-corrected chi connectivity index (χ3v) is 6.22. The highest BCUT2D eigenvalue weighted by Gasteiger charge is 2.59. The first kappa shape index (κ1) is 17.3. The van der Waals surface area contributed by atoms with Gasteiger partial charge in [0.05, 0.1) is 11.9 Å². The summed E-state index contributed by atoms with van der Waals surface area (Å²) in [5, 5.41) is 5.04. The van der Waals surface area contributed by atoms with Crippen LogP contribution >= 0.6 is 12.2 Å². The van der Waals surface area contributed by atoms with Gasteiger partial charge in [-0.25, -0.2) is 0 Å². The van der Waals surface area contributed by atoms with Crippen LogP contribution in [0.25, 0.3) is 10.9 Å². The van der Waals surface area contributed by atoms with E-state index in [1.54, 1.807) is 17.3 Å². The molecule has 2 aliphatic rings. The number of nitrogens with one attached hydrogen (secondary N) is 1. The Morgan fingerprint density at radius 3 is 2.82 bits per heavy atom. The van der Waals surface area contributed by atoms with Crippen LogP contribution < -0.4 is 10.2 Å². The fourth-order valence-corrected chi connectivity index (χ4v) is 5.11. The molecule has 1 spiro atoms. The number of fused-ring (bicyclic) bond motifs is 1. The molecule has 0 aliphatic carbocycles. The molecule has 2 aliphatic heterocycles. The first-order chi connectivity index (χ1) is 13.5. The lowest BCUT2D eigenvalue weighted by Gasteiger charge is -2.28. The molecule has 5 rings (SSSR count). The SMILES string of the molecule is CN1C[C@@H](c2cn(C)c3ccccc23)[C@]2(C1)NC(=S)N(c1cccnc1)C2=O. The van der Waals surface area contributed by atoms with Crippen LogP contribution in [-0.4, -0.2) is 51.1 Å². The average molecular weight is 392 g/mol. The van der Waals surface area contributed by atoms with Gasteiger partial charge < -0.3 is 14.8 Å². The molecular weight excluding hydrogens is 370 g/mol. The van der Waals surface area contributed by atoms with Gasteiger partial charge in [0.25, 0.3) is 5.91 Å². The number of aromatic nitrogens is 2. The third-order valence-electron chi connectivity index (χ3n) is 5.93. The first-order valence-electron chi connectivity index (χ1n) is 9.30. The standard InChI is InChI=1S/C21H21N5OS/c1-24-12-17(16-11-25(2)18-8-4-3-7-15(16)18)21(13-24)19(27)26(20(28)23-21)14-6-5-9-22-10-14/h3-11,17H,12-13H2,1-2H3,(H,23,28)/t17-,21-/m0/s1. The Labute approximate surface area is 168 Å². The van der Waals surface area contributed by atoms with E-state index in [2.05, 4.69) is 45.1 Å². The van der Waals surface area contributed by atoms with E-state index in [-0.39, 0.29) is 11.8 Å². The van der Waals surface area contributed by atoms with Crippen LogP contribution in [0.4, 0.5) is 5.69 Å². The minimum Gasteiger partial charge on any atom is -0.350 e. The molecule has 2 atom stereocenters. The fourth-order valence-electron chi connectivity index (χ4n) is 4.74. The number of carbonyl (C=O) groups is 1. The Morgan fingerprint density at radius 2 is 2.04 bits per heavy atom. The number of likely N-dealkylation sites (tertiary alicyclic amines) is 1. The summed E-state index contributed by atoms with van der Waals surface area (Å²) in [6.45, 7) is 1.40.